The van der Waals surface area contributed by atoms with E-state index in [9.17, 15) is 0 Å². The SMILES string of the molecule is C=C(CCC)NC(CC)CC(CC)NC. The van der Waals surface area contributed by atoms with Crippen LogP contribution in [0.25, 0.3) is 0 Å². The second-order valence-electron chi connectivity index (χ2n) is 4.23. The van der Waals surface area contributed by atoms with E-state index in [2.05, 4.69) is 38.0 Å². The first kappa shape index (κ1) is 14.5. The molecule has 0 rings (SSSR count). The van der Waals surface area contributed by atoms with E-state index in [-0.39, 0.29) is 0 Å². The van der Waals surface area contributed by atoms with Gasteiger partial charge in [-0.25, -0.2) is 0 Å². The number of rotatable bonds is 9. The molecule has 15 heavy (non-hydrogen) atoms. The van der Waals surface area contributed by atoms with Crippen molar-refractivity contribution in [3.8, 4) is 0 Å². The molecule has 0 aromatic rings. The van der Waals surface area contributed by atoms with Gasteiger partial charge in [-0.1, -0.05) is 33.8 Å². The molecule has 2 atom stereocenters. The van der Waals surface area contributed by atoms with E-state index < -0.39 is 0 Å². The van der Waals surface area contributed by atoms with Gasteiger partial charge in [0.15, 0.2) is 0 Å². The number of allylic oxidation sites excluding steroid dienone is 1. The molecule has 2 nitrogen and oxygen atoms in total. The zero-order valence-electron chi connectivity index (χ0n) is 10.9. The van der Waals surface area contributed by atoms with Crippen LogP contribution in [0.3, 0.4) is 0 Å². The fourth-order valence-corrected chi connectivity index (χ4v) is 1.82. The van der Waals surface area contributed by atoms with Crippen molar-refractivity contribution in [3.63, 3.8) is 0 Å². The molecule has 0 aliphatic rings. The summed E-state index contributed by atoms with van der Waals surface area (Å²) in [5.41, 5.74) is 1.19. The Balaban J connectivity index is 3.95. The van der Waals surface area contributed by atoms with E-state index in [0.717, 1.165) is 6.42 Å². The Morgan fingerprint density at radius 2 is 1.73 bits per heavy atom. The van der Waals surface area contributed by atoms with E-state index in [4.69, 9.17) is 0 Å². The van der Waals surface area contributed by atoms with Gasteiger partial charge in [0.05, 0.1) is 0 Å². The summed E-state index contributed by atoms with van der Waals surface area (Å²) in [6, 6.07) is 1.19. The largest absolute Gasteiger partial charge is 0.386 e. The van der Waals surface area contributed by atoms with Gasteiger partial charge in [-0.15, -0.1) is 0 Å². The molecule has 0 aliphatic carbocycles. The number of hydrogen-bond donors (Lipinski definition) is 2. The average molecular weight is 212 g/mol. The van der Waals surface area contributed by atoms with Crippen molar-refractivity contribution < 1.29 is 0 Å². The lowest BCUT2D eigenvalue weighted by Gasteiger charge is -2.24. The maximum Gasteiger partial charge on any atom is 0.0270 e. The predicted molar refractivity (Wildman–Crippen MR) is 69.0 cm³/mol. The third-order valence-electron chi connectivity index (χ3n) is 2.92. The monoisotopic (exact) mass is 212 g/mol. The van der Waals surface area contributed by atoms with E-state index in [1.807, 2.05) is 7.05 Å². The van der Waals surface area contributed by atoms with Crippen LogP contribution in [0, 0.1) is 0 Å². The summed E-state index contributed by atoms with van der Waals surface area (Å²) >= 11 is 0. The van der Waals surface area contributed by atoms with Crippen LogP contribution in [0.2, 0.25) is 0 Å². The summed E-state index contributed by atoms with van der Waals surface area (Å²) in [6.45, 7) is 10.7. The lowest BCUT2D eigenvalue weighted by molar-refractivity contribution is 0.409. The first-order valence-electron chi connectivity index (χ1n) is 6.29. The van der Waals surface area contributed by atoms with Gasteiger partial charge in [0.25, 0.3) is 0 Å². The van der Waals surface area contributed by atoms with Crippen molar-refractivity contribution in [2.45, 2.75) is 65.0 Å². The van der Waals surface area contributed by atoms with Crippen LogP contribution >= 0.6 is 0 Å². The van der Waals surface area contributed by atoms with Crippen molar-refractivity contribution in [1.82, 2.24) is 10.6 Å². The van der Waals surface area contributed by atoms with Gasteiger partial charge >= 0.3 is 0 Å². The third-order valence-corrected chi connectivity index (χ3v) is 2.92. The summed E-state index contributed by atoms with van der Waals surface area (Å²) < 4.78 is 0. The van der Waals surface area contributed by atoms with Crippen LogP contribution in [0.5, 0.6) is 0 Å². The van der Waals surface area contributed by atoms with E-state index in [1.54, 1.807) is 0 Å². The lowest BCUT2D eigenvalue weighted by Crippen LogP contribution is -2.36. The topological polar surface area (TPSA) is 24.1 Å². The highest BCUT2D eigenvalue weighted by atomic mass is 14.9. The molecule has 0 bridgehead atoms. The Bertz CT molecular complexity index is 162. The van der Waals surface area contributed by atoms with Crippen LogP contribution in [-0.2, 0) is 0 Å². The zero-order chi connectivity index (χ0) is 11.7. The lowest BCUT2D eigenvalue weighted by atomic mass is 10.0. The summed E-state index contributed by atoms with van der Waals surface area (Å²) in [4.78, 5) is 0. The molecule has 0 aliphatic heterocycles. The van der Waals surface area contributed by atoms with Gasteiger partial charge in [0.2, 0.25) is 0 Å². The highest BCUT2D eigenvalue weighted by molar-refractivity contribution is 4.93. The van der Waals surface area contributed by atoms with Crippen LogP contribution < -0.4 is 10.6 Å². The molecule has 0 fully saturated rings. The zero-order valence-corrected chi connectivity index (χ0v) is 10.9. The standard InChI is InChI=1S/C13H28N2/c1-6-9-11(4)15-13(8-3)10-12(7-2)14-5/h12-15H,4,6-10H2,1-3,5H3. The molecule has 90 valence electrons. The highest BCUT2D eigenvalue weighted by Crippen LogP contribution is 2.08. The molecule has 0 saturated heterocycles. The molecule has 0 saturated carbocycles. The van der Waals surface area contributed by atoms with Gasteiger partial charge in [0, 0.05) is 17.8 Å². The molecule has 0 amide bonds. The first-order valence-corrected chi connectivity index (χ1v) is 6.29. The van der Waals surface area contributed by atoms with Crippen LogP contribution in [0.1, 0.15) is 52.9 Å². The maximum absolute atomic E-state index is 4.06. The molecular formula is C13H28N2. The number of nitrogens with one attached hydrogen (secondary N) is 2. The van der Waals surface area contributed by atoms with Crippen LogP contribution in [-0.4, -0.2) is 19.1 Å². The molecule has 0 heterocycles. The number of hydrogen-bond acceptors (Lipinski definition) is 2. The van der Waals surface area contributed by atoms with E-state index in [1.165, 1.54) is 31.4 Å². The van der Waals surface area contributed by atoms with Gasteiger partial charge in [-0.2, -0.15) is 0 Å². The molecule has 0 aromatic heterocycles. The molecule has 0 spiro atoms. The second-order valence-corrected chi connectivity index (χ2v) is 4.23. The smallest absolute Gasteiger partial charge is 0.0270 e. The summed E-state index contributed by atoms with van der Waals surface area (Å²) in [5, 5.41) is 6.88. The van der Waals surface area contributed by atoms with Crippen molar-refractivity contribution in [2.75, 3.05) is 7.05 Å². The quantitative estimate of drug-likeness (QED) is 0.614. The highest BCUT2D eigenvalue weighted by Gasteiger charge is 2.12. The Kier molecular flexibility index (Phi) is 8.49. The van der Waals surface area contributed by atoms with Crippen LogP contribution in [0.4, 0.5) is 0 Å². The van der Waals surface area contributed by atoms with E-state index in [0.29, 0.717) is 12.1 Å². The van der Waals surface area contributed by atoms with Gasteiger partial charge in [0.1, 0.15) is 0 Å². The molecule has 0 aromatic carbocycles. The Hall–Kier alpha value is -0.500. The minimum absolute atomic E-state index is 0.571. The minimum Gasteiger partial charge on any atom is -0.386 e. The normalized spacial score (nSPS) is 14.7. The molecular weight excluding hydrogens is 184 g/mol. The summed E-state index contributed by atoms with van der Waals surface area (Å²) in [7, 11) is 2.04. The maximum atomic E-state index is 4.06. The van der Waals surface area contributed by atoms with Gasteiger partial charge in [-0.3, -0.25) is 0 Å². The Labute approximate surface area is 95.5 Å². The van der Waals surface area contributed by atoms with E-state index >= 15 is 0 Å². The third kappa shape index (κ3) is 6.56. The van der Waals surface area contributed by atoms with Crippen LogP contribution in [0.15, 0.2) is 12.3 Å². The van der Waals surface area contributed by atoms with Gasteiger partial charge < -0.3 is 10.6 Å². The first-order chi connectivity index (χ1) is 7.17. The second kappa shape index (κ2) is 8.78. The Morgan fingerprint density at radius 3 is 2.13 bits per heavy atom. The fourth-order valence-electron chi connectivity index (χ4n) is 1.82. The molecule has 2 unspecified atom stereocenters. The fraction of sp³-hybridized carbons (Fsp3) is 0.846. The average Bonchev–Trinajstić information content (AvgIpc) is 2.24. The van der Waals surface area contributed by atoms with Crippen molar-refractivity contribution >= 4 is 0 Å². The summed E-state index contributed by atoms with van der Waals surface area (Å²) in [5.74, 6) is 0. The molecule has 2 heteroatoms. The minimum atomic E-state index is 0.571. The van der Waals surface area contributed by atoms with Crippen molar-refractivity contribution in [1.29, 1.82) is 0 Å². The predicted octanol–water partition coefficient (Wildman–Crippen LogP) is 3.06. The van der Waals surface area contributed by atoms with Crippen molar-refractivity contribution in [3.05, 3.63) is 12.3 Å². The molecule has 2 N–H and O–H groups in total. The summed E-state index contributed by atoms with van der Waals surface area (Å²) in [6.07, 6.45) is 5.81. The molecule has 0 radical (unpaired) electrons. The van der Waals surface area contributed by atoms with Gasteiger partial charge in [-0.05, 0) is 32.7 Å². The Morgan fingerprint density at radius 1 is 1.13 bits per heavy atom. The van der Waals surface area contributed by atoms with Crippen molar-refractivity contribution in [2.24, 2.45) is 0 Å².